The number of hydroxylamine groups is 1. The Hall–Kier alpha value is -3.33. The normalized spacial score (nSPS) is 11.7. The number of rotatable bonds is 9. The maximum atomic E-state index is 12.9. The van der Waals surface area contributed by atoms with Crippen molar-refractivity contribution < 1.29 is 27.6 Å². The van der Waals surface area contributed by atoms with Crippen molar-refractivity contribution in [3.05, 3.63) is 77.4 Å². The van der Waals surface area contributed by atoms with Crippen molar-refractivity contribution in [2.24, 2.45) is 5.16 Å². The molecular formula is C21H22F3N3O3. The van der Waals surface area contributed by atoms with E-state index in [9.17, 15) is 18.0 Å². The van der Waals surface area contributed by atoms with Crippen LogP contribution in [0, 0.1) is 0 Å². The molecule has 0 aliphatic heterocycles. The molecule has 0 aromatic heterocycles. The Bertz CT molecular complexity index is 927. The number of alkyl halides is 3. The zero-order valence-electron chi connectivity index (χ0n) is 16.5. The molecule has 0 unspecified atom stereocenters. The average molecular weight is 421 g/mol. The van der Waals surface area contributed by atoms with E-state index in [4.69, 9.17) is 9.68 Å². The predicted octanol–water partition coefficient (Wildman–Crippen LogP) is 3.88. The summed E-state index contributed by atoms with van der Waals surface area (Å²) < 4.78 is 38.6. The van der Waals surface area contributed by atoms with Crippen LogP contribution in [0.2, 0.25) is 0 Å². The first kappa shape index (κ1) is 23.0. The van der Waals surface area contributed by atoms with Gasteiger partial charge in [-0.2, -0.15) is 13.2 Å². The lowest BCUT2D eigenvalue weighted by Gasteiger charge is -2.14. The van der Waals surface area contributed by atoms with E-state index < -0.39 is 17.6 Å². The van der Waals surface area contributed by atoms with Crippen LogP contribution < -0.4 is 10.8 Å². The largest absolute Gasteiger partial charge is 0.416 e. The van der Waals surface area contributed by atoms with Gasteiger partial charge in [-0.1, -0.05) is 48.1 Å². The van der Waals surface area contributed by atoms with Gasteiger partial charge in [0.25, 0.3) is 5.91 Å². The summed E-state index contributed by atoms with van der Waals surface area (Å²) in [5, 5.41) is 6.37. The third-order valence-corrected chi connectivity index (χ3v) is 3.96. The summed E-state index contributed by atoms with van der Waals surface area (Å²) in [5.41, 5.74) is 3.35. The van der Waals surface area contributed by atoms with Gasteiger partial charge in [-0.15, -0.1) is 0 Å². The number of likely N-dealkylation sites (N-methyl/N-ethyl adjacent to an activating group) is 1. The van der Waals surface area contributed by atoms with E-state index in [0.717, 1.165) is 12.1 Å². The summed E-state index contributed by atoms with van der Waals surface area (Å²) in [6.07, 6.45) is -4.45. The Balaban J connectivity index is 2.12. The van der Waals surface area contributed by atoms with E-state index in [1.54, 1.807) is 31.2 Å². The first-order valence-corrected chi connectivity index (χ1v) is 9.02. The second kappa shape index (κ2) is 10.4. The van der Waals surface area contributed by atoms with Crippen molar-refractivity contribution in [2.75, 3.05) is 13.7 Å². The number of hydrogen-bond acceptors (Lipinski definition) is 5. The van der Waals surface area contributed by atoms with Crippen molar-refractivity contribution in [2.45, 2.75) is 19.7 Å². The highest BCUT2D eigenvalue weighted by atomic mass is 19.4. The van der Waals surface area contributed by atoms with E-state index in [1.807, 2.05) is 0 Å². The summed E-state index contributed by atoms with van der Waals surface area (Å²) in [4.78, 5) is 22.6. The number of oxime groups is 1. The predicted molar refractivity (Wildman–Crippen MR) is 107 cm³/mol. The van der Waals surface area contributed by atoms with Crippen LogP contribution in [-0.4, -0.2) is 25.3 Å². The number of nitrogens with zero attached hydrogens (tertiary/aromatic N) is 1. The Morgan fingerprint density at radius 2 is 1.90 bits per heavy atom. The second-order valence-electron chi connectivity index (χ2n) is 6.04. The average Bonchev–Trinajstić information content (AvgIpc) is 2.74. The highest BCUT2D eigenvalue weighted by Gasteiger charge is 2.30. The lowest BCUT2D eigenvalue weighted by Crippen LogP contribution is -2.29. The molecule has 0 atom stereocenters. The molecule has 0 bridgehead atoms. The molecule has 160 valence electrons. The topological polar surface area (TPSA) is 71.9 Å². The molecule has 30 heavy (non-hydrogen) atoms. The highest BCUT2D eigenvalue weighted by Crippen LogP contribution is 2.30. The lowest BCUT2D eigenvalue weighted by atomic mass is 10.0. The third-order valence-electron chi connectivity index (χ3n) is 3.96. The molecule has 9 heteroatoms. The summed E-state index contributed by atoms with van der Waals surface area (Å²) in [7, 11) is 1.48. The minimum absolute atomic E-state index is 0.00368. The first-order chi connectivity index (χ1) is 14.3. The standard InChI is InChI=1S/C21H22F3N3O3/c1-4-29-27-19(20(28)25-3)18-11-6-5-8-16(18)13-30-26-14(2)15-9-7-10-17(12-15)21(22,23)24/h5-12,26H,2,4,13H2,1,3H3,(H,25,28). The van der Waals surface area contributed by atoms with Crippen molar-refractivity contribution in [1.82, 2.24) is 10.8 Å². The summed E-state index contributed by atoms with van der Waals surface area (Å²) in [6.45, 7) is 5.73. The molecule has 0 fully saturated rings. The number of amides is 1. The van der Waals surface area contributed by atoms with Gasteiger partial charge in [0.1, 0.15) is 13.2 Å². The zero-order valence-corrected chi connectivity index (χ0v) is 16.5. The van der Waals surface area contributed by atoms with Crippen LogP contribution in [0.5, 0.6) is 0 Å². The molecule has 0 heterocycles. The number of halogens is 3. The van der Waals surface area contributed by atoms with Crippen molar-refractivity contribution >= 4 is 17.3 Å². The van der Waals surface area contributed by atoms with Gasteiger partial charge in [0.15, 0.2) is 5.71 Å². The number of hydrogen-bond donors (Lipinski definition) is 2. The van der Waals surface area contributed by atoms with Gasteiger partial charge >= 0.3 is 6.18 Å². The number of carbonyl (C=O) groups excluding carboxylic acids is 1. The maximum Gasteiger partial charge on any atom is 0.416 e. The number of nitrogens with one attached hydrogen (secondary N) is 2. The first-order valence-electron chi connectivity index (χ1n) is 9.02. The van der Waals surface area contributed by atoms with E-state index in [-0.39, 0.29) is 30.2 Å². The molecular weight excluding hydrogens is 399 g/mol. The molecule has 0 spiro atoms. The van der Waals surface area contributed by atoms with Gasteiger partial charge in [0, 0.05) is 12.6 Å². The van der Waals surface area contributed by atoms with Gasteiger partial charge in [-0.05, 0) is 30.2 Å². The molecule has 2 rings (SSSR count). The molecule has 2 N–H and O–H groups in total. The molecule has 6 nitrogen and oxygen atoms in total. The molecule has 2 aromatic carbocycles. The lowest BCUT2D eigenvalue weighted by molar-refractivity contribution is -0.137. The fourth-order valence-electron chi connectivity index (χ4n) is 2.48. The Kier molecular flexibility index (Phi) is 7.99. The smallest absolute Gasteiger partial charge is 0.395 e. The molecule has 0 saturated heterocycles. The molecule has 0 aliphatic rings. The number of carbonyl (C=O) groups is 1. The van der Waals surface area contributed by atoms with Crippen LogP contribution in [0.1, 0.15) is 29.2 Å². The van der Waals surface area contributed by atoms with Gasteiger partial charge < -0.3 is 10.2 Å². The van der Waals surface area contributed by atoms with Crippen LogP contribution in [0.3, 0.4) is 0 Å². The van der Waals surface area contributed by atoms with Crippen LogP contribution >= 0.6 is 0 Å². The molecule has 0 saturated carbocycles. The van der Waals surface area contributed by atoms with E-state index in [2.05, 4.69) is 22.5 Å². The molecule has 2 aromatic rings. The van der Waals surface area contributed by atoms with Crippen LogP contribution in [0.4, 0.5) is 13.2 Å². The summed E-state index contributed by atoms with van der Waals surface area (Å²) in [5.74, 6) is -0.433. The molecule has 0 aliphatic carbocycles. The van der Waals surface area contributed by atoms with E-state index in [1.165, 1.54) is 19.2 Å². The highest BCUT2D eigenvalue weighted by molar-refractivity contribution is 6.45. The fraction of sp³-hybridized carbons (Fsp3) is 0.238. The summed E-state index contributed by atoms with van der Waals surface area (Å²) in [6, 6.07) is 11.6. The molecule has 1 amide bonds. The third kappa shape index (κ3) is 6.08. The van der Waals surface area contributed by atoms with Crippen molar-refractivity contribution in [1.29, 1.82) is 0 Å². The maximum absolute atomic E-state index is 12.9. The van der Waals surface area contributed by atoms with Crippen molar-refractivity contribution in [3.8, 4) is 0 Å². The van der Waals surface area contributed by atoms with Gasteiger partial charge in [0.2, 0.25) is 0 Å². The van der Waals surface area contributed by atoms with E-state index in [0.29, 0.717) is 11.1 Å². The number of benzene rings is 2. The SMILES string of the molecule is C=C(NOCc1ccccc1C(=NOCC)C(=O)NC)c1cccc(C(F)(F)F)c1. The second-order valence-corrected chi connectivity index (χ2v) is 6.04. The fourth-order valence-corrected chi connectivity index (χ4v) is 2.48. The minimum Gasteiger partial charge on any atom is -0.395 e. The minimum atomic E-state index is -4.45. The quantitative estimate of drug-likeness (QED) is 0.476. The molecule has 0 radical (unpaired) electrons. The Morgan fingerprint density at radius 3 is 2.57 bits per heavy atom. The Labute approximate surface area is 172 Å². The van der Waals surface area contributed by atoms with Crippen LogP contribution in [-0.2, 0) is 27.3 Å². The monoisotopic (exact) mass is 421 g/mol. The van der Waals surface area contributed by atoms with Gasteiger partial charge in [0.05, 0.1) is 11.3 Å². The van der Waals surface area contributed by atoms with Gasteiger partial charge in [-0.25, -0.2) is 0 Å². The van der Waals surface area contributed by atoms with Crippen LogP contribution in [0.15, 0.2) is 60.3 Å². The Morgan fingerprint density at radius 1 is 1.17 bits per heavy atom. The van der Waals surface area contributed by atoms with E-state index >= 15 is 0 Å². The summed E-state index contributed by atoms with van der Waals surface area (Å²) >= 11 is 0. The van der Waals surface area contributed by atoms with Crippen LogP contribution in [0.25, 0.3) is 5.70 Å². The van der Waals surface area contributed by atoms with Crippen molar-refractivity contribution in [3.63, 3.8) is 0 Å². The van der Waals surface area contributed by atoms with Gasteiger partial charge in [-0.3, -0.25) is 15.1 Å². The zero-order chi connectivity index (χ0) is 22.1.